The second kappa shape index (κ2) is 6.39. The Bertz CT molecular complexity index is 873. The Morgan fingerprint density at radius 2 is 2.16 bits per heavy atom. The van der Waals surface area contributed by atoms with E-state index in [-0.39, 0.29) is 5.91 Å². The maximum absolute atomic E-state index is 11.9. The molecule has 2 aliphatic rings. The first-order valence-electron chi connectivity index (χ1n) is 8.98. The van der Waals surface area contributed by atoms with Crippen LogP contribution in [0.1, 0.15) is 31.7 Å². The number of para-hydroxylation sites is 1. The Morgan fingerprint density at radius 1 is 1.36 bits per heavy atom. The quantitative estimate of drug-likeness (QED) is 0.904. The van der Waals surface area contributed by atoms with Gasteiger partial charge < -0.3 is 15.6 Å². The van der Waals surface area contributed by atoms with Gasteiger partial charge in [0.15, 0.2) is 0 Å². The minimum absolute atomic E-state index is 0.0884. The number of amides is 1. The van der Waals surface area contributed by atoms with Gasteiger partial charge >= 0.3 is 0 Å². The fourth-order valence-electron chi connectivity index (χ4n) is 3.43. The Kier molecular flexibility index (Phi) is 4.07. The molecule has 1 aliphatic carbocycles. The highest BCUT2D eigenvalue weighted by Gasteiger charge is 2.26. The standard InChI is InChI=1S/C20H24N4O/c1-13(25)24-9-8-19(22-10-14-6-7-14)17(12-24)20(21)16-11-23-18-5-3-2-4-15(16)18/h2-5,11,14,23H,6-10,12,21H2,1H3. The predicted molar refractivity (Wildman–Crippen MR) is 101 cm³/mol. The van der Waals surface area contributed by atoms with Crippen LogP contribution in [0.15, 0.2) is 41.0 Å². The van der Waals surface area contributed by atoms with E-state index in [0.29, 0.717) is 6.54 Å². The number of fused-ring (bicyclic) bond motifs is 1. The van der Waals surface area contributed by atoms with Gasteiger partial charge in [-0.05, 0) is 24.8 Å². The van der Waals surface area contributed by atoms with Crippen molar-refractivity contribution in [3.63, 3.8) is 0 Å². The Morgan fingerprint density at radius 3 is 2.92 bits per heavy atom. The third-order valence-electron chi connectivity index (χ3n) is 5.20. The van der Waals surface area contributed by atoms with Crippen LogP contribution >= 0.6 is 0 Å². The van der Waals surface area contributed by atoms with E-state index in [1.807, 2.05) is 29.3 Å². The summed E-state index contributed by atoms with van der Waals surface area (Å²) in [7, 11) is 0. The molecule has 1 aromatic carbocycles. The van der Waals surface area contributed by atoms with Crippen molar-refractivity contribution >= 4 is 28.2 Å². The van der Waals surface area contributed by atoms with Crippen LogP contribution in [-0.4, -0.2) is 41.1 Å². The van der Waals surface area contributed by atoms with E-state index in [0.717, 1.165) is 58.9 Å². The Labute approximate surface area is 147 Å². The van der Waals surface area contributed by atoms with E-state index in [1.54, 1.807) is 6.92 Å². The van der Waals surface area contributed by atoms with Gasteiger partial charge in [-0.2, -0.15) is 0 Å². The van der Waals surface area contributed by atoms with Crippen molar-refractivity contribution < 1.29 is 4.79 Å². The summed E-state index contributed by atoms with van der Waals surface area (Å²) in [6, 6.07) is 8.14. The van der Waals surface area contributed by atoms with Crippen molar-refractivity contribution in [3.05, 3.63) is 41.6 Å². The van der Waals surface area contributed by atoms with Crippen molar-refractivity contribution in [1.82, 2.24) is 9.88 Å². The summed E-state index contributed by atoms with van der Waals surface area (Å²) < 4.78 is 0. The monoisotopic (exact) mass is 336 g/mol. The first kappa shape index (κ1) is 15.9. The molecule has 0 spiro atoms. The topological polar surface area (TPSA) is 74.5 Å². The number of nitrogens with two attached hydrogens (primary N) is 1. The van der Waals surface area contributed by atoms with E-state index < -0.39 is 0 Å². The number of aromatic amines is 1. The number of H-pyrrole nitrogens is 1. The van der Waals surface area contributed by atoms with Crippen molar-refractivity contribution in [3.8, 4) is 0 Å². The summed E-state index contributed by atoms with van der Waals surface area (Å²) in [5.41, 5.74) is 11.5. The zero-order valence-corrected chi connectivity index (χ0v) is 14.6. The Hall–Kier alpha value is -2.56. The fourth-order valence-corrected chi connectivity index (χ4v) is 3.43. The lowest BCUT2D eigenvalue weighted by molar-refractivity contribution is -0.128. The van der Waals surface area contributed by atoms with Crippen molar-refractivity contribution in [2.75, 3.05) is 19.6 Å². The average molecular weight is 336 g/mol. The molecule has 2 fully saturated rings. The number of hydrogen-bond acceptors (Lipinski definition) is 3. The van der Waals surface area contributed by atoms with Crippen molar-refractivity contribution in [1.29, 1.82) is 0 Å². The van der Waals surface area contributed by atoms with Crippen LogP contribution in [0, 0.1) is 5.92 Å². The van der Waals surface area contributed by atoms with Gasteiger partial charge in [-0.15, -0.1) is 0 Å². The van der Waals surface area contributed by atoms with Gasteiger partial charge in [-0.1, -0.05) is 18.2 Å². The van der Waals surface area contributed by atoms with E-state index in [4.69, 9.17) is 10.7 Å². The highest BCUT2D eigenvalue weighted by atomic mass is 16.2. The molecule has 130 valence electrons. The second-order valence-corrected chi connectivity index (χ2v) is 7.06. The molecule has 1 saturated carbocycles. The normalized spacial score (nSPS) is 21.8. The molecule has 1 aromatic heterocycles. The molecule has 0 unspecified atom stereocenters. The molecule has 5 heteroatoms. The SMILES string of the molecule is CC(=O)N1CCC(=NCC2CC2)C(=C(N)c2c[nH]c3ccccc23)C1. The molecule has 0 atom stereocenters. The molecule has 1 aliphatic heterocycles. The summed E-state index contributed by atoms with van der Waals surface area (Å²) in [5, 5.41) is 1.11. The van der Waals surface area contributed by atoms with Gasteiger partial charge in [0.05, 0.1) is 0 Å². The second-order valence-electron chi connectivity index (χ2n) is 7.06. The molecule has 2 aromatic rings. The number of carbonyl (C=O) groups is 1. The first-order chi connectivity index (χ1) is 12.1. The molecular weight excluding hydrogens is 312 g/mol. The third-order valence-corrected chi connectivity index (χ3v) is 5.20. The largest absolute Gasteiger partial charge is 0.398 e. The molecular formula is C20H24N4O. The van der Waals surface area contributed by atoms with Crippen LogP contribution in [0.2, 0.25) is 0 Å². The number of piperidine rings is 1. The predicted octanol–water partition coefficient (Wildman–Crippen LogP) is 2.94. The number of aromatic nitrogens is 1. The number of aliphatic imine (C=N–C) groups is 1. The van der Waals surface area contributed by atoms with E-state index in [2.05, 4.69) is 11.1 Å². The maximum atomic E-state index is 11.9. The lowest BCUT2D eigenvalue weighted by Gasteiger charge is -2.30. The van der Waals surface area contributed by atoms with Crippen LogP contribution in [-0.2, 0) is 4.79 Å². The zero-order chi connectivity index (χ0) is 17.4. The minimum atomic E-state index is 0.0884. The van der Waals surface area contributed by atoms with Gasteiger partial charge in [0.2, 0.25) is 5.91 Å². The van der Waals surface area contributed by atoms with Crippen LogP contribution in [0.5, 0.6) is 0 Å². The highest BCUT2D eigenvalue weighted by Crippen LogP contribution is 2.31. The maximum Gasteiger partial charge on any atom is 0.219 e. The van der Waals surface area contributed by atoms with Crippen molar-refractivity contribution in [2.24, 2.45) is 16.6 Å². The number of nitrogens with zero attached hydrogens (tertiary/aromatic N) is 2. The summed E-state index contributed by atoms with van der Waals surface area (Å²) in [4.78, 5) is 21.9. The number of likely N-dealkylation sites (tertiary alicyclic amines) is 1. The summed E-state index contributed by atoms with van der Waals surface area (Å²) in [5.74, 6) is 0.833. The van der Waals surface area contributed by atoms with Gasteiger partial charge in [-0.3, -0.25) is 9.79 Å². The van der Waals surface area contributed by atoms with Gasteiger partial charge in [-0.25, -0.2) is 0 Å². The average Bonchev–Trinajstić information content (AvgIpc) is 3.36. The Balaban J connectivity index is 1.75. The van der Waals surface area contributed by atoms with E-state index in [1.165, 1.54) is 12.8 Å². The molecule has 1 amide bonds. The summed E-state index contributed by atoms with van der Waals surface area (Å²) >= 11 is 0. The highest BCUT2D eigenvalue weighted by molar-refractivity contribution is 6.09. The lowest BCUT2D eigenvalue weighted by Crippen LogP contribution is -2.40. The summed E-state index contributed by atoms with van der Waals surface area (Å²) in [6.07, 6.45) is 5.31. The van der Waals surface area contributed by atoms with Crippen LogP contribution in [0.3, 0.4) is 0 Å². The third kappa shape index (κ3) is 3.18. The number of rotatable bonds is 3. The van der Waals surface area contributed by atoms with Gasteiger partial charge in [0.1, 0.15) is 0 Å². The molecule has 5 nitrogen and oxygen atoms in total. The smallest absolute Gasteiger partial charge is 0.219 e. The summed E-state index contributed by atoms with van der Waals surface area (Å²) in [6.45, 7) is 3.78. The molecule has 4 rings (SSSR count). The lowest BCUT2D eigenvalue weighted by atomic mass is 9.96. The number of carbonyl (C=O) groups excluding carboxylic acids is 1. The zero-order valence-electron chi connectivity index (χ0n) is 14.6. The number of benzene rings is 1. The fraction of sp³-hybridized carbons (Fsp3) is 0.400. The van der Waals surface area contributed by atoms with Crippen molar-refractivity contribution in [2.45, 2.75) is 26.2 Å². The minimum Gasteiger partial charge on any atom is -0.398 e. The molecule has 25 heavy (non-hydrogen) atoms. The van der Waals surface area contributed by atoms with Crippen LogP contribution < -0.4 is 5.73 Å². The van der Waals surface area contributed by atoms with Gasteiger partial charge in [0.25, 0.3) is 0 Å². The van der Waals surface area contributed by atoms with Gasteiger partial charge in [0, 0.05) is 72.6 Å². The first-order valence-corrected chi connectivity index (χ1v) is 8.98. The molecule has 0 radical (unpaired) electrons. The van der Waals surface area contributed by atoms with Crippen LogP contribution in [0.25, 0.3) is 16.6 Å². The van der Waals surface area contributed by atoms with Crippen LogP contribution in [0.4, 0.5) is 0 Å². The number of nitrogens with one attached hydrogen (secondary N) is 1. The number of hydrogen-bond donors (Lipinski definition) is 2. The molecule has 3 N–H and O–H groups in total. The van der Waals surface area contributed by atoms with E-state index in [9.17, 15) is 4.79 Å². The van der Waals surface area contributed by atoms with E-state index >= 15 is 0 Å². The molecule has 0 bridgehead atoms. The molecule has 2 heterocycles. The molecule has 1 saturated heterocycles.